The zero-order chi connectivity index (χ0) is 15.5. The molecule has 0 fully saturated rings. The van der Waals surface area contributed by atoms with Crippen molar-refractivity contribution in [2.45, 2.75) is 26.7 Å². The molecule has 110 valence electrons. The van der Waals surface area contributed by atoms with Crippen LogP contribution in [-0.2, 0) is 0 Å². The first-order valence-corrected chi connectivity index (χ1v) is 7.58. The van der Waals surface area contributed by atoms with Crippen molar-refractivity contribution >= 4 is 16.6 Å². The van der Waals surface area contributed by atoms with Crippen molar-refractivity contribution in [3.05, 3.63) is 60.0 Å². The van der Waals surface area contributed by atoms with E-state index in [0.717, 1.165) is 46.1 Å². The molecule has 0 aliphatic heterocycles. The number of fused-ring (bicyclic) bond motifs is 1. The van der Waals surface area contributed by atoms with Crippen LogP contribution in [0.1, 0.15) is 31.0 Å². The summed E-state index contributed by atoms with van der Waals surface area (Å²) in [4.78, 5) is 8.82. The minimum atomic E-state index is 0.687. The van der Waals surface area contributed by atoms with Crippen LogP contribution < -0.4 is 0 Å². The number of pyridine rings is 2. The lowest BCUT2D eigenvalue weighted by Crippen LogP contribution is -2.01. The van der Waals surface area contributed by atoms with Gasteiger partial charge in [0.05, 0.1) is 5.52 Å². The number of benzene rings is 1. The van der Waals surface area contributed by atoms with Gasteiger partial charge in [0.25, 0.3) is 0 Å². The maximum Gasteiger partial charge on any atom is 0.0718 e. The monoisotopic (exact) mass is 289 g/mol. The van der Waals surface area contributed by atoms with Crippen LogP contribution in [0.5, 0.6) is 0 Å². The number of nitrogens with zero attached hydrogens (tertiary/aromatic N) is 2. The summed E-state index contributed by atoms with van der Waals surface area (Å²) in [5.41, 5.74) is 5.77. The van der Waals surface area contributed by atoms with Gasteiger partial charge in [0.2, 0.25) is 0 Å². The lowest BCUT2D eigenvalue weighted by atomic mass is 9.98. The highest BCUT2D eigenvalue weighted by atomic mass is 14.7. The molecule has 1 aromatic carbocycles. The Balaban J connectivity index is 2.15. The number of nitrogens with one attached hydrogen (secondary N) is 1. The number of hydrogen-bond acceptors (Lipinski definition) is 3. The van der Waals surface area contributed by atoms with Gasteiger partial charge in [0.15, 0.2) is 0 Å². The molecule has 0 amide bonds. The quantitative estimate of drug-likeness (QED) is 0.703. The van der Waals surface area contributed by atoms with E-state index in [1.54, 1.807) is 6.20 Å². The van der Waals surface area contributed by atoms with Crippen LogP contribution >= 0.6 is 0 Å². The van der Waals surface area contributed by atoms with Crippen LogP contribution in [0.4, 0.5) is 0 Å². The molecular formula is C19H19N3. The summed E-state index contributed by atoms with van der Waals surface area (Å²) in [5.74, 6) is 0. The fourth-order valence-electron chi connectivity index (χ4n) is 2.71. The molecule has 0 saturated heterocycles. The van der Waals surface area contributed by atoms with Gasteiger partial charge < -0.3 is 5.41 Å². The third-order valence-corrected chi connectivity index (χ3v) is 3.76. The first kappa shape index (κ1) is 14.4. The topological polar surface area (TPSA) is 49.6 Å². The van der Waals surface area contributed by atoms with E-state index in [9.17, 15) is 0 Å². The highest BCUT2D eigenvalue weighted by molar-refractivity contribution is 6.09. The van der Waals surface area contributed by atoms with Gasteiger partial charge in [-0.05, 0) is 37.1 Å². The van der Waals surface area contributed by atoms with Crippen molar-refractivity contribution in [3.63, 3.8) is 0 Å². The third-order valence-electron chi connectivity index (χ3n) is 3.76. The number of aromatic nitrogens is 2. The van der Waals surface area contributed by atoms with Gasteiger partial charge in [-0.3, -0.25) is 9.97 Å². The molecule has 0 atom stereocenters. The van der Waals surface area contributed by atoms with Crippen molar-refractivity contribution in [1.82, 2.24) is 9.97 Å². The first-order valence-electron chi connectivity index (χ1n) is 7.58. The highest BCUT2D eigenvalue weighted by Crippen LogP contribution is 2.26. The maximum absolute atomic E-state index is 8.29. The molecule has 3 aromatic rings. The van der Waals surface area contributed by atoms with Crippen LogP contribution in [0, 0.1) is 12.3 Å². The molecule has 0 aliphatic carbocycles. The normalized spacial score (nSPS) is 10.8. The van der Waals surface area contributed by atoms with Gasteiger partial charge in [-0.2, -0.15) is 0 Å². The molecular weight excluding hydrogens is 270 g/mol. The average Bonchev–Trinajstić information content (AvgIpc) is 2.54. The highest BCUT2D eigenvalue weighted by Gasteiger charge is 2.09. The summed E-state index contributed by atoms with van der Waals surface area (Å²) in [5, 5.41) is 9.34. The summed E-state index contributed by atoms with van der Waals surface area (Å²) in [6.45, 7) is 4.09. The third kappa shape index (κ3) is 2.75. The Bertz CT molecular complexity index is 823. The van der Waals surface area contributed by atoms with Gasteiger partial charge in [0.1, 0.15) is 0 Å². The number of rotatable bonds is 4. The average molecular weight is 289 g/mol. The van der Waals surface area contributed by atoms with Crippen molar-refractivity contribution < 1.29 is 0 Å². The molecule has 22 heavy (non-hydrogen) atoms. The van der Waals surface area contributed by atoms with E-state index in [1.165, 1.54) is 0 Å². The summed E-state index contributed by atoms with van der Waals surface area (Å²) < 4.78 is 0. The van der Waals surface area contributed by atoms with Crippen LogP contribution in [-0.4, -0.2) is 15.7 Å². The van der Waals surface area contributed by atoms with E-state index in [1.807, 2.05) is 31.3 Å². The van der Waals surface area contributed by atoms with Gasteiger partial charge >= 0.3 is 0 Å². The zero-order valence-corrected chi connectivity index (χ0v) is 12.9. The van der Waals surface area contributed by atoms with Crippen molar-refractivity contribution in [2.24, 2.45) is 0 Å². The van der Waals surface area contributed by atoms with Gasteiger partial charge in [-0.25, -0.2) is 0 Å². The van der Waals surface area contributed by atoms with E-state index < -0.39 is 0 Å². The maximum atomic E-state index is 8.29. The Morgan fingerprint density at radius 2 is 2.00 bits per heavy atom. The summed E-state index contributed by atoms with van der Waals surface area (Å²) >= 11 is 0. The summed E-state index contributed by atoms with van der Waals surface area (Å²) in [6, 6.07) is 12.2. The van der Waals surface area contributed by atoms with Gasteiger partial charge in [-0.15, -0.1) is 0 Å². The Morgan fingerprint density at radius 3 is 2.73 bits per heavy atom. The molecule has 0 radical (unpaired) electrons. The number of aryl methyl sites for hydroxylation is 1. The fraction of sp³-hybridized carbons (Fsp3) is 0.211. The molecule has 0 bridgehead atoms. The largest absolute Gasteiger partial charge is 0.305 e. The Kier molecular flexibility index (Phi) is 3.96. The Morgan fingerprint density at radius 1 is 1.14 bits per heavy atom. The van der Waals surface area contributed by atoms with Crippen molar-refractivity contribution in [3.8, 4) is 11.1 Å². The van der Waals surface area contributed by atoms with E-state index in [2.05, 4.69) is 35.1 Å². The molecule has 2 aromatic heterocycles. The van der Waals surface area contributed by atoms with Crippen LogP contribution in [0.15, 0.2) is 48.8 Å². The summed E-state index contributed by atoms with van der Waals surface area (Å²) in [6.07, 6.45) is 5.41. The van der Waals surface area contributed by atoms with E-state index >= 15 is 0 Å². The first-order chi connectivity index (χ1) is 10.7. The SMILES string of the molecule is CCCC(=N)c1cc(C)nc2cc(-c3cccnc3)ccc12. The predicted molar refractivity (Wildman–Crippen MR) is 91.4 cm³/mol. The van der Waals surface area contributed by atoms with Crippen LogP contribution in [0.25, 0.3) is 22.0 Å². The molecule has 3 rings (SSSR count). The Labute approximate surface area is 130 Å². The van der Waals surface area contributed by atoms with Crippen molar-refractivity contribution in [1.29, 1.82) is 5.41 Å². The fourth-order valence-corrected chi connectivity index (χ4v) is 2.71. The molecule has 0 saturated carbocycles. The van der Waals surface area contributed by atoms with Gasteiger partial charge in [0, 0.05) is 40.3 Å². The van der Waals surface area contributed by atoms with Gasteiger partial charge in [-0.1, -0.05) is 31.5 Å². The lowest BCUT2D eigenvalue weighted by Gasteiger charge is -2.10. The number of hydrogen-bond donors (Lipinski definition) is 1. The molecule has 3 nitrogen and oxygen atoms in total. The molecule has 0 aliphatic rings. The second-order valence-corrected chi connectivity index (χ2v) is 5.51. The Hall–Kier alpha value is -2.55. The second-order valence-electron chi connectivity index (χ2n) is 5.51. The molecule has 1 N–H and O–H groups in total. The van der Waals surface area contributed by atoms with Crippen molar-refractivity contribution in [2.75, 3.05) is 0 Å². The van der Waals surface area contributed by atoms with E-state index in [4.69, 9.17) is 5.41 Å². The summed E-state index contributed by atoms with van der Waals surface area (Å²) in [7, 11) is 0. The van der Waals surface area contributed by atoms with Crippen LogP contribution in [0.2, 0.25) is 0 Å². The minimum Gasteiger partial charge on any atom is -0.305 e. The molecule has 0 unspecified atom stereocenters. The smallest absolute Gasteiger partial charge is 0.0718 e. The predicted octanol–water partition coefficient (Wildman–Crippen LogP) is 4.77. The molecule has 0 spiro atoms. The standard InChI is InChI=1S/C19H19N3/c1-3-5-18(20)17-10-13(2)22-19-11-14(7-8-16(17)19)15-6-4-9-21-12-15/h4,6-12,20H,3,5H2,1-2H3. The van der Waals surface area contributed by atoms with Crippen LogP contribution in [0.3, 0.4) is 0 Å². The minimum absolute atomic E-state index is 0.687. The zero-order valence-electron chi connectivity index (χ0n) is 12.9. The molecule has 2 heterocycles. The second kappa shape index (κ2) is 6.06. The van der Waals surface area contributed by atoms with E-state index in [-0.39, 0.29) is 0 Å². The van der Waals surface area contributed by atoms with E-state index in [0.29, 0.717) is 5.71 Å². The lowest BCUT2D eigenvalue weighted by molar-refractivity contribution is 0.986. The molecule has 3 heteroatoms.